The highest BCUT2D eigenvalue weighted by Gasteiger charge is 2.45. The number of esters is 1. The minimum atomic E-state index is -5.02. The Morgan fingerprint density at radius 1 is 1.20 bits per heavy atom. The van der Waals surface area contributed by atoms with Crippen LogP contribution in [0.5, 0.6) is 11.5 Å². The van der Waals surface area contributed by atoms with E-state index < -0.39 is 35.0 Å². The van der Waals surface area contributed by atoms with Gasteiger partial charge in [0.05, 0.1) is 46.0 Å². The van der Waals surface area contributed by atoms with Gasteiger partial charge in [-0.15, -0.1) is 0 Å². The zero-order valence-electron chi connectivity index (χ0n) is 24.0. The van der Waals surface area contributed by atoms with Gasteiger partial charge in [0.2, 0.25) is 0 Å². The maximum absolute atomic E-state index is 14.4. The van der Waals surface area contributed by atoms with Crippen molar-refractivity contribution in [1.29, 1.82) is 5.26 Å². The topological polar surface area (TPSA) is 103 Å². The van der Waals surface area contributed by atoms with Gasteiger partial charge in [-0.05, 0) is 70.4 Å². The van der Waals surface area contributed by atoms with Crippen molar-refractivity contribution < 1.29 is 32.2 Å². The Labute approximate surface area is 277 Å². The Bertz CT molecular complexity index is 2090. The lowest BCUT2D eigenvalue weighted by Crippen LogP contribution is -2.41. The lowest BCUT2D eigenvalue weighted by molar-refractivity contribution is -0.140. The second-order valence-electron chi connectivity index (χ2n) is 9.71. The van der Waals surface area contributed by atoms with Gasteiger partial charge in [0.1, 0.15) is 6.61 Å². The first-order chi connectivity index (χ1) is 22.0. The summed E-state index contributed by atoms with van der Waals surface area (Å²) in [4.78, 5) is 30.4. The SMILES string of the molecule is CCOC(=O)C1=C(C(F)(F)F)N=c2s/c(=C\c3cc(Br)c(OCc4ccccc4C#N)c(OC)c3)c(=O)n2[C@@H]1c1ccc(Cl)cc1. The number of nitriles is 1. The van der Waals surface area contributed by atoms with Crippen molar-refractivity contribution in [2.75, 3.05) is 13.7 Å². The summed E-state index contributed by atoms with van der Waals surface area (Å²) in [6.45, 7) is 1.35. The second-order valence-corrected chi connectivity index (χ2v) is 12.0. The molecule has 1 atom stereocenters. The highest BCUT2D eigenvalue weighted by Crippen LogP contribution is 2.39. The molecule has 0 unspecified atom stereocenters. The molecule has 0 radical (unpaired) electrons. The average Bonchev–Trinajstić information content (AvgIpc) is 3.33. The monoisotopic (exact) mass is 731 g/mol. The summed E-state index contributed by atoms with van der Waals surface area (Å²) >= 11 is 10.2. The van der Waals surface area contributed by atoms with E-state index in [4.69, 9.17) is 25.8 Å². The quantitative estimate of drug-likeness (QED) is 0.200. The number of hydrogen-bond donors (Lipinski definition) is 0. The number of benzene rings is 3. The maximum Gasteiger partial charge on any atom is 0.434 e. The molecule has 0 N–H and O–H groups in total. The molecule has 0 saturated heterocycles. The summed E-state index contributed by atoms with van der Waals surface area (Å²) in [7, 11) is 1.43. The molecule has 2 heterocycles. The van der Waals surface area contributed by atoms with Crippen LogP contribution >= 0.6 is 38.9 Å². The van der Waals surface area contributed by atoms with Gasteiger partial charge < -0.3 is 14.2 Å². The number of carbonyl (C=O) groups excluding carboxylic acids is 1. The van der Waals surface area contributed by atoms with Gasteiger partial charge in [-0.1, -0.05) is 53.3 Å². The number of methoxy groups -OCH3 is 1. The molecule has 0 aliphatic carbocycles. The Balaban J connectivity index is 1.64. The number of allylic oxidation sites excluding steroid dienone is 1. The number of thiazole rings is 1. The van der Waals surface area contributed by atoms with Crippen molar-refractivity contribution in [3.05, 3.63) is 123 Å². The fraction of sp³-hybridized carbons (Fsp3) is 0.188. The Kier molecular flexibility index (Phi) is 9.71. The van der Waals surface area contributed by atoms with E-state index >= 15 is 0 Å². The van der Waals surface area contributed by atoms with Gasteiger partial charge in [0.15, 0.2) is 22.0 Å². The van der Waals surface area contributed by atoms with Crippen molar-refractivity contribution >= 4 is 50.9 Å². The van der Waals surface area contributed by atoms with Crippen LogP contribution in [0.2, 0.25) is 5.02 Å². The van der Waals surface area contributed by atoms with Gasteiger partial charge in [-0.3, -0.25) is 9.36 Å². The van der Waals surface area contributed by atoms with Crippen molar-refractivity contribution in [2.24, 2.45) is 4.99 Å². The predicted octanol–water partition coefficient (Wildman–Crippen LogP) is 6.22. The first-order valence-corrected chi connectivity index (χ1v) is 15.5. The predicted molar refractivity (Wildman–Crippen MR) is 168 cm³/mol. The molecule has 236 valence electrons. The van der Waals surface area contributed by atoms with Crippen LogP contribution in [-0.2, 0) is 16.1 Å². The van der Waals surface area contributed by atoms with Crippen molar-refractivity contribution in [3.8, 4) is 17.6 Å². The van der Waals surface area contributed by atoms with Crippen LogP contribution in [0.1, 0.15) is 35.2 Å². The zero-order chi connectivity index (χ0) is 33.2. The van der Waals surface area contributed by atoms with Crippen LogP contribution in [0, 0.1) is 11.3 Å². The summed E-state index contributed by atoms with van der Waals surface area (Å²) in [6, 6.07) is 16.6. The molecule has 0 saturated carbocycles. The molecule has 1 aromatic heterocycles. The summed E-state index contributed by atoms with van der Waals surface area (Å²) in [5.74, 6) is -0.606. The lowest BCUT2D eigenvalue weighted by Gasteiger charge is -2.26. The molecule has 1 aliphatic rings. The van der Waals surface area contributed by atoms with Gasteiger partial charge in [0.25, 0.3) is 5.56 Å². The maximum atomic E-state index is 14.4. The third kappa shape index (κ3) is 6.60. The minimum absolute atomic E-state index is 0.0508. The molecule has 0 amide bonds. The number of fused-ring (bicyclic) bond motifs is 1. The van der Waals surface area contributed by atoms with E-state index in [2.05, 4.69) is 27.0 Å². The van der Waals surface area contributed by atoms with Gasteiger partial charge in [-0.25, -0.2) is 9.79 Å². The van der Waals surface area contributed by atoms with E-state index in [1.165, 1.54) is 44.4 Å². The van der Waals surface area contributed by atoms with Gasteiger partial charge >= 0.3 is 12.1 Å². The summed E-state index contributed by atoms with van der Waals surface area (Å²) < 4.78 is 61.1. The molecule has 0 fully saturated rings. The second kappa shape index (κ2) is 13.5. The lowest BCUT2D eigenvalue weighted by atomic mass is 9.95. The van der Waals surface area contributed by atoms with Gasteiger partial charge in [0, 0.05) is 10.6 Å². The first-order valence-electron chi connectivity index (χ1n) is 13.5. The van der Waals surface area contributed by atoms with Crippen molar-refractivity contribution in [2.45, 2.75) is 25.7 Å². The fourth-order valence-corrected chi connectivity index (χ4v) is 6.52. The molecule has 0 bridgehead atoms. The Morgan fingerprint density at radius 2 is 1.91 bits per heavy atom. The molecular weight excluding hydrogens is 711 g/mol. The highest BCUT2D eigenvalue weighted by molar-refractivity contribution is 9.10. The average molecular weight is 733 g/mol. The number of carbonyl (C=O) groups is 1. The smallest absolute Gasteiger partial charge is 0.434 e. The number of nitrogens with zero attached hydrogens (tertiary/aromatic N) is 3. The number of ether oxygens (including phenoxy) is 3. The third-order valence-electron chi connectivity index (χ3n) is 6.84. The third-order valence-corrected chi connectivity index (χ3v) is 8.66. The number of alkyl halides is 3. The molecule has 0 spiro atoms. The van der Waals surface area contributed by atoms with E-state index in [9.17, 15) is 28.0 Å². The first kappa shape index (κ1) is 33.0. The fourth-order valence-electron chi connectivity index (χ4n) is 4.82. The zero-order valence-corrected chi connectivity index (χ0v) is 27.2. The van der Waals surface area contributed by atoms with Crippen LogP contribution < -0.4 is 24.4 Å². The van der Waals surface area contributed by atoms with Crippen molar-refractivity contribution in [1.82, 2.24) is 4.57 Å². The van der Waals surface area contributed by atoms with Crippen LogP contribution in [0.15, 0.2) is 86.2 Å². The number of aromatic nitrogens is 1. The Morgan fingerprint density at radius 3 is 2.57 bits per heavy atom. The van der Waals surface area contributed by atoms with E-state index in [1.807, 2.05) is 0 Å². The van der Waals surface area contributed by atoms with Crippen LogP contribution in [0.25, 0.3) is 6.08 Å². The molecule has 14 heteroatoms. The summed E-state index contributed by atoms with van der Waals surface area (Å²) in [5.41, 5.74) is -1.12. The van der Waals surface area contributed by atoms with E-state index in [1.54, 1.807) is 36.4 Å². The van der Waals surface area contributed by atoms with Crippen LogP contribution in [0.3, 0.4) is 0 Å². The molecule has 1 aliphatic heterocycles. The van der Waals surface area contributed by atoms with Gasteiger partial charge in [-0.2, -0.15) is 18.4 Å². The standard InChI is InChI=1S/C32H22BrClF3N3O5S/c1-3-44-30(42)25-26(18-8-10-21(34)11-9-18)40-29(41)24(46-31(40)39-28(25)32(35,36)37)14-17-12-22(33)27(23(13-17)43-2)45-16-20-7-5-4-6-19(20)15-38/h4-14,26H,3,16H2,1-2H3/b24-14-/t26-/m1/s1. The minimum Gasteiger partial charge on any atom is -0.493 e. The van der Waals surface area contributed by atoms with E-state index in [0.29, 0.717) is 37.7 Å². The number of hydrogen-bond acceptors (Lipinski definition) is 8. The number of halogens is 5. The number of rotatable bonds is 8. The molecule has 8 nitrogen and oxygen atoms in total. The summed E-state index contributed by atoms with van der Waals surface area (Å²) in [6.07, 6.45) is -3.55. The largest absolute Gasteiger partial charge is 0.493 e. The normalized spacial score (nSPS) is 14.7. The van der Waals surface area contributed by atoms with E-state index in [0.717, 1.165) is 15.9 Å². The van der Waals surface area contributed by atoms with E-state index in [-0.39, 0.29) is 28.1 Å². The van der Waals surface area contributed by atoms with Crippen LogP contribution in [0.4, 0.5) is 13.2 Å². The Hall–Kier alpha value is -4.38. The van der Waals surface area contributed by atoms with Crippen molar-refractivity contribution in [3.63, 3.8) is 0 Å². The molecule has 5 rings (SSSR count). The highest BCUT2D eigenvalue weighted by atomic mass is 79.9. The van der Waals surface area contributed by atoms with Crippen LogP contribution in [-0.4, -0.2) is 30.4 Å². The summed E-state index contributed by atoms with van der Waals surface area (Å²) in [5, 5.41) is 9.69. The molecular formula is C32H22BrClF3N3O5S. The molecule has 4 aromatic rings. The molecule has 46 heavy (non-hydrogen) atoms. The molecule has 3 aromatic carbocycles.